The van der Waals surface area contributed by atoms with Gasteiger partial charge in [-0.05, 0) is 35.4 Å². The fourth-order valence-electron chi connectivity index (χ4n) is 5.47. The summed E-state index contributed by atoms with van der Waals surface area (Å²) in [6.07, 6.45) is -30.5. The van der Waals surface area contributed by atoms with Gasteiger partial charge < -0.3 is 20.9 Å². The van der Waals surface area contributed by atoms with Crippen LogP contribution in [0.15, 0.2) is 60.1 Å². The average molecular weight is 1230 g/mol. The maximum Gasteiger partial charge on any atom is 0.460 e. The van der Waals surface area contributed by atoms with E-state index in [1.54, 1.807) is 0 Å². The van der Waals surface area contributed by atoms with Gasteiger partial charge >= 0.3 is 108 Å². The van der Waals surface area contributed by atoms with Crippen LogP contribution in [0.4, 0.5) is 187 Å². The third-order valence-corrected chi connectivity index (χ3v) is 9.69. The van der Waals surface area contributed by atoms with E-state index in [2.05, 4.69) is 9.47 Å². The van der Waals surface area contributed by atoms with E-state index in [-0.39, 0.29) is 0 Å². The molecule has 0 unspecified atom stereocenters. The Labute approximate surface area is 392 Å². The Morgan fingerprint density at radius 1 is 0.286 bits per heavy atom. The van der Waals surface area contributed by atoms with Crippen molar-refractivity contribution in [3.05, 3.63) is 71.2 Å². The fraction of sp³-hybridized carbons (Fsp3) is 0.515. The standard InChI is InChI=1S/C33H10F40N2O2/c34-13(18(38,39)20(42,43)22(46,47)24(50,51)26(54,55)28(58,59)32(68,69)70)15(36)76-11-3-1-7(5-9(11)74)17(30(62,63)64,31(65,66)67)8-2-4-12(10(75)6-8)77-16(37)14(35)19(40,41)21(44,45)23(48,49)25(52,53)27(56,57)29(60,61)33(71,72)73/h1-6H,74-75H2. The summed E-state index contributed by atoms with van der Waals surface area (Å²) >= 11 is 0. The van der Waals surface area contributed by atoms with Crippen LogP contribution in [0.3, 0.4) is 0 Å². The highest BCUT2D eigenvalue weighted by atomic mass is 19.5. The van der Waals surface area contributed by atoms with E-state index < -0.39 is 195 Å². The van der Waals surface area contributed by atoms with Gasteiger partial charge in [-0.2, -0.15) is 176 Å². The van der Waals surface area contributed by atoms with Gasteiger partial charge in [-0.1, -0.05) is 12.1 Å². The summed E-state index contributed by atoms with van der Waals surface area (Å²) in [7, 11) is 0. The van der Waals surface area contributed by atoms with E-state index in [9.17, 15) is 176 Å². The molecular weight excluding hydrogens is 1220 g/mol. The molecule has 2 rings (SSSR count). The Morgan fingerprint density at radius 3 is 0.688 bits per heavy atom. The van der Waals surface area contributed by atoms with Crippen molar-refractivity contribution in [3.8, 4) is 11.5 Å². The lowest BCUT2D eigenvalue weighted by molar-refractivity contribution is -0.451. The topological polar surface area (TPSA) is 70.5 Å². The number of anilines is 2. The van der Waals surface area contributed by atoms with Gasteiger partial charge in [0.25, 0.3) is 0 Å². The molecule has 2 aromatic rings. The van der Waals surface area contributed by atoms with Gasteiger partial charge in [0.15, 0.2) is 11.5 Å². The number of ether oxygens (including phenoxy) is 2. The zero-order valence-corrected chi connectivity index (χ0v) is 34.1. The predicted octanol–water partition coefficient (Wildman–Crippen LogP) is 16.0. The van der Waals surface area contributed by atoms with Crippen molar-refractivity contribution in [1.82, 2.24) is 0 Å². The Hall–Kier alpha value is -5.68. The van der Waals surface area contributed by atoms with E-state index in [0.717, 1.165) is 0 Å². The molecule has 0 fully saturated rings. The van der Waals surface area contributed by atoms with Crippen molar-refractivity contribution in [1.29, 1.82) is 0 Å². The summed E-state index contributed by atoms with van der Waals surface area (Å²) in [4.78, 5) is 0. The highest BCUT2D eigenvalue weighted by molar-refractivity contribution is 5.62. The SMILES string of the molecule is Nc1cc(C(c2ccc(OC(F)=C(F)C(F)(F)C(F)(F)C(F)(F)C(F)(F)C(F)(F)C(F)(F)C(F)(F)F)c(N)c2)(C(F)(F)F)C(F)(F)F)ccc1OC(F)=C(F)C(F)(F)C(F)(F)C(F)(F)C(F)(F)C(F)(F)C(F)(F)C(F)(F)F. The number of benzene rings is 2. The minimum atomic E-state index is -9.09. The number of alkyl halides is 36. The van der Waals surface area contributed by atoms with Crippen LogP contribution in [0.2, 0.25) is 0 Å². The molecule has 2 aromatic carbocycles. The minimum absolute atomic E-state index is 0.759. The van der Waals surface area contributed by atoms with Crippen LogP contribution < -0.4 is 20.9 Å². The molecule has 0 spiro atoms. The van der Waals surface area contributed by atoms with E-state index in [4.69, 9.17) is 11.5 Å². The Bertz CT molecular complexity index is 2400. The third-order valence-electron chi connectivity index (χ3n) is 9.69. The molecule has 0 atom stereocenters. The van der Waals surface area contributed by atoms with Crippen LogP contribution in [0.25, 0.3) is 0 Å². The first-order valence-electron chi connectivity index (χ1n) is 17.4. The summed E-state index contributed by atoms with van der Waals surface area (Å²) in [5.41, 5.74) is -5.76. The van der Waals surface area contributed by atoms with Crippen LogP contribution >= 0.6 is 0 Å². The molecule has 0 radical (unpaired) electrons. The van der Waals surface area contributed by atoms with E-state index >= 15 is 0 Å². The van der Waals surface area contributed by atoms with Crippen molar-refractivity contribution < 1.29 is 185 Å². The molecular formula is C33H10F40N2O2. The first kappa shape index (κ1) is 67.4. The first-order valence-corrected chi connectivity index (χ1v) is 17.4. The largest absolute Gasteiger partial charge is 0.460 e. The molecule has 0 amide bonds. The number of halogens is 40. The van der Waals surface area contributed by atoms with Crippen LogP contribution in [0.5, 0.6) is 11.5 Å². The van der Waals surface area contributed by atoms with Gasteiger partial charge in [0.1, 0.15) is 0 Å². The maximum atomic E-state index is 14.7. The van der Waals surface area contributed by atoms with Gasteiger partial charge in [0, 0.05) is 0 Å². The lowest BCUT2D eigenvalue weighted by Crippen LogP contribution is -2.72. The smallest absolute Gasteiger partial charge is 0.427 e. The maximum absolute atomic E-state index is 14.7. The molecule has 0 aliphatic rings. The van der Waals surface area contributed by atoms with Crippen LogP contribution in [-0.2, 0) is 5.41 Å². The summed E-state index contributed by atoms with van der Waals surface area (Å²) in [5.74, 6) is -120. The number of hydrogen-bond donors (Lipinski definition) is 2. The van der Waals surface area contributed by atoms with Crippen molar-refractivity contribution in [3.63, 3.8) is 0 Å². The van der Waals surface area contributed by atoms with Gasteiger partial charge in [-0.15, -0.1) is 0 Å². The van der Waals surface area contributed by atoms with Crippen LogP contribution in [-0.4, -0.2) is 95.8 Å². The minimum Gasteiger partial charge on any atom is -0.427 e. The van der Waals surface area contributed by atoms with Gasteiger partial charge in [0.05, 0.1) is 11.4 Å². The highest BCUT2D eigenvalue weighted by Gasteiger charge is 2.95. The number of rotatable bonds is 18. The van der Waals surface area contributed by atoms with Gasteiger partial charge in [-0.25, -0.2) is 0 Å². The molecule has 44 heteroatoms. The lowest BCUT2D eigenvalue weighted by Gasteiger charge is -2.41. The number of hydrogen-bond acceptors (Lipinski definition) is 4. The highest BCUT2D eigenvalue weighted by Crippen LogP contribution is 2.66. The number of nitrogens with two attached hydrogens (primary N) is 2. The summed E-state index contributed by atoms with van der Waals surface area (Å²) in [5, 5.41) is 0. The quantitative estimate of drug-likeness (QED) is 0.0886. The lowest BCUT2D eigenvalue weighted by atomic mass is 9.72. The Balaban J connectivity index is 2.80. The second kappa shape index (κ2) is 18.7. The Kier molecular flexibility index (Phi) is 16.4. The van der Waals surface area contributed by atoms with Crippen molar-refractivity contribution >= 4 is 11.4 Å². The molecule has 0 heterocycles. The predicted molar refractivity (Wildman–Crippen MR) is 166 cm³/mol. The molecule has 0 bridgehead atoms. The number of nitrogen functional groups attached to an aromatic ring is 2. The average Bonchev–Trinajstić information content (AvgIpc) is 3.22. The second-order valence-corrected chi connectivity index (χ2v) is 14.5. The molecule has 0 aromatic heterocycles. The van der Waals surface area contributed by atoms with Gasteiger partial charge in [-0.3, -0.25) is 0 Å². The normalized spacial score (nSPS) is 16.3. The van der Waals surface area contributed by atoms with E-state index in [0.29, 0.717) is 0 Å². The molecule has 0 saturated heterocycles. The summed E-state index contributed by atoms with van der Waals surface area (Å²) in [6, 6.07) is -13.7. The van der Waals surface area contributed by atoms with Crippen LogP contribution in [0.1, 0.15) is 11.1 Å². The van der Waals surface area contributed by atoms with Crippen molar-refractivity contribution in [2.75, 3.05) is 11.5 Å². The Morgan fingerprint density at radius 2 is 0.494 bits per heavy atom. The zero-order chi connectivity index (χ0) is 61.9. The monoisotopic (exact) mass is 1230 g/mol. The van der Waals surface area contributed by atoms with E-state index in [1.165, 1.54) is 0 Å². The summed E-state index contributed by atoms with van der Waals surface area (Å²) < 4.78 is 555. The van der Waals surface area contributed by atoms with E-state index in [1.807, 2.05) is 0 Å². The van der Waals surface area contributed by atoms with Crippen LogP contribution in [0, 0.1) is 0 Å². The molecule has 0 aliphatic carbocycles. The molecule has 0 saturated carbocycles. The fourth-order valence-corrected chi connectivity index (χ4v) is 5.47. The second-order valence-electron chi connectivity index (χ2n) is 14.5. The molecule has 4 N–H and O–H groups in total. The molecule has 444 valence electrons. The number of allylic oxidation sites excluding steroid dienone is 2. The molecule has 0 aliphatic heterocycles. The van der Waals surface area contributed by atoms with Gasteiger partial charge in [0.2, 0.25) is 17.1 Å². The summed E-state index contributed by atoms with van der Waals surface area (Å²) in [6.45, 7) is 0. The third kappa shape index (κ3) is 9.45. The first-order chi connectivity index (χ1) is 33.4. The molecule has 77 heavy (non-hydrogen) atoms. The van der Waals surface area contributed by atoms with Crippen molar-refractivity contribution in [2.24, 2.45) is 0 Å². The van der Waals surface area contributed by atoms with Crippen molar-refractivity contribution in [2.45, 2.75) is 101 Å². The molecule has 4 nitrogen and oxygen atoms in total. The zero-order valence-electron chi connectivity index (χ0n) is 34.1.